The van der Waals surface area contributed by atoms with E-state index in [9.17, 15) is 4.79 Å². The molecule has 1 aliphatic heterocycles. The second kappa shape index (κ2) is 6.74. The van der Waals surface area contributed by atoms with Crippen molar-refractivity contribution in [2.45, 2.75) is 31.8 Å². The van der Waals surface area contributed by atoms with Crippen LogP contribution in [0, 0.1) is 0 Å². The van der Waals surface area contributed by atoms with Crippen LogP contribution in [0.2, 0.25) is 0 Å². The zero-order valence-electron chi connectivity index (χ0n) is 10.3. The lowest BCUT2D eigenvalue weighted by Gasteiger charge is -2.04. The van der Waals surface area contributed by atoms with Crippen LogP contribution in [0.5, 0.6) is 0 Å². The van der Waals surface area contributed by atoms with Gasteiger partial charge in [0.2, 0.25) is 0 Å². The highest BCUT2D eigenvalue weighted by atomic mass is 16.6. The lowest BCUT2D eigenvalue weighted by Crippen LogP contribution is -2.06. The van der Waals surface area contributed by atoms with E-state index in [2.05, 4.69) is 17.3 Å². The molecule has 1 atom stereocenters. The number of rotatable bonds is 6. The Morgan fingerprint density at radius 3 is 2.89 bits per heavy atom. The van der Waals surface area contributed by atoms with Crippen LogP contribution in [0.25, 0.3) is 6.08 Å². The molecule has 1 aliphatic rings. The van der Waals surface area contributed by atoms with E-state index >= 15 is 0 Å². The van der Waals surface area contributed by atoms with Crippen molar-refractivity contribution in [1.29, 1.82) is 0 Å². The number of carbonyl (C=O) groups excluding carboxylic acids is 1. The van der Waals surface area contributed by atoms with Crippen LogP contribution < -0.4 is 0 Å². The van der Waals surface area contributed by atoms with Gasteiger partial charge in [-0.1, -0.05) is 41.6 Å². The molecule has 3 heteroatoms. The largest absolute Gasteiger partial charge is 0.392 e. The Bertz CT molecular complexity index is 437. The van der Waals surface area contributed by atoms with E-state index in [0.29, 0.717) is 6.42 Å². The molecule has 0 radical (unpaired) electrons. The van der Waals surface area contributed by atoms with E-state index in [1.807, 2.05) is 30.4 Å². The first-order valence-corrected chi connectivity index (χ1v) is 6.28. The number of allylic oxidation sites excluding steroid dienone is 1. The Labute approximate surface area is 107 Å². The summed E-state index contributed by atoms with van der Waals surface area (Å²) in [4.78, 5) is 15.5. The van der Waals surface area contributed by atoms with Gasteiger partial charge in [-0.3, -0.25) is 0 Å². The van der Waals surface area contributed by atoms with Crippen molar-refractivity contribution in [3.8, 4) is 0 Å². The minimum absolute atomic E-state index is 0.139. The van der Waals surface area contributed by atoms with Gasteiger partial charge in [0.1, 0.15) is 12.4 Å². The first-order valence-electron chi connectivity index (χ1n) is 6.28. The maximum atomic E-state index is 10.2. The molecule has 1 unspecified atom stereocenters. The van der Waals surface area contributed by atoms with Crippen LogP contribution in [0.15, 0.2) is 41.6 Å². The van der Waals surface area contributed by atoms with E-state index in [1.54, 1.807) is 0 Å². The molecule has 0 saturated carbocycles. The topological polar surface area (TPSA) is 38.7 Å². The van der Waals surface area contributed by atoms with Gasteiger partial charge in [0.25, 0.3) is 0 Å². The molecule has 0 saturated heterocycles. The number of carbonyl (C=O) groups is 1. The maximum absolute atomic E-state index is 10.2. The molecular weight excluding hydrogens is 226 g/mol. The number of benzene rings is 1. The van der Waals surface area contributed by atoms with Crippen LogP contribution in [0.4, 0.5) is 0 Å². The van der Waals surface area contributed by atoms with Crippen LogP contribution in [0.3, 0.4) is 0 Å². The normalized spacial score (nSPS) is 18.7. The molecule has 94 valence electrons. The van der Waals surface area contributed by atoms with Gasteiger partial charge in [-0.25, -0.2) is 0 Å². The summed E-state index contributed by atoms with van der Waals surface area (Å²) >= 11 is 0. The number of aldehydes is 1. The van der Waals surface area contributed by atoms with Gasteiger partial charge in [0.15, 0.2) is 0 Å². The highest BCUT2D eigenvalue weighted by Crippen LogP contribution is 2.17. The molecular formula is C15H17NO2. The fraction of sp³-hybridized carbons (Fsp3) is 0.333. The van der Waals surface area contributed by atoms with E-state index in [4.69, 9.17) is 4.84 Å². The highest BCUT2D eigenvalue weighted by molar-refractivity contribution is 5.98. The molecule has 0 bridgehead atoms. The van der Waals surface area contributed by atoms with Gasteiger partial charge < -0.3 is 9.63 Å². The van der Waals surface area contributed by atoms with E-state index < -0.39 is 0 Å². The summed E-state index contributed by atoms with van der Waals surface area (Å²) in [7, 11) is 0. The predicted molar refractivity (Wildman–Crippen MR) is 72.3 cm³/mol. The van der Waals surface area contributed by atoms with E-state index in [1.165, 1.54) is 0 Å². The fourth-order valence-corrected chi connectivity index (χ4v) is 1.89. The Morgan fingerprint density at radius 1 is 1.28 bits per heavy atom. The molecule has 18 heavy (non-hydrogen) atoms. The van der Waals surface area contributed by atoms with Crippen molar-refractivity contribution in [2.24, 2.45) is 5.16 Å². The molecule has 0 aliphatic carbocycles. The van der Waals surface area contributed by atoms with Crippen molar-refractivity contribution < 1.29 is 9.63 Å². The Balaban J connectivity index is 1.79. The minimum Gasteiger partial charge on any atom is -0.392 e. The van der Waals surface area contributed by atoms with Crippen molar-refractivity contribution in [3.63, 3.8) is 0 Å². The van der Waals surface area contributed by atoms with Gasteiger partial charge in [0.05, 0.1) is 5.71 Å². The number of hydrogen-bond acceptors (Lipinski definition) is 3. The molecule has 0 N–H and O–H groups in total. The number of oxime groups is 1. The van der Waals surface area contributed by atoms with Crippen molar-refractivity contribution in [2.75, 3.05) is 0 Å². The van der Waals surface area contributed by atoms with Gasteiger partial charge in [-0.15, -0.1) is 0 Å². The SMILES string of the molecule is O=CCCCC1CC(/C=C/c2ccccc2)=NO1. The fourth-order valence-electron chi connectivity index (χ4n) is 1.89. The van der Waals surface area contributed by atoms with Crippen LogP contribution in [-0.4, -0.2) is 18.1 Å². The average Bonchev–Trinajstić information content (AvgIpc) is 2.86. The molecule has 1 aromatic rings. The summed E-state index contributed by atoms with van der Waals surface area (Å²) in [5.41, 5.74) is 2.12. The van der Waals surface area contributed by atoms with Crippen molar-refractivity contribution >= 4 is 18.1 Å². The lowest BCUT2D eigenvalue weighted by molar-refractivity contribution is -0.108. The van der Waals surface area contributed by atoms with Gasteiger partial charge in [0, 0.05) is 12.8 Å². The minimum atomic E-state index is 0.139. The monoisotopic (exact) mass is 243 g/mol. The second-order valence-electron chi connectivity index (χ2n) is 4.36. The summed E-state index contributed by atoms with van der Waals surface area (Å²) < 4.78 is 0. The molecule has 0 spiro atoms. The van der Waals surface area contributed by atoms with Gasteiger partial charge in [-0.05, 0) is 24.5 Å². The molecule has 2 rings (SSSR count). The number of unbranched alkanes of at least 4 members (excludes halogenated alkanes) is 1. The van der Waals surface area contributed by atoms with Crippen LogP contribution >= 0.6 is 0 Å². The third-order valence-electron chi connectivity index (χ3n) is 2.87. The summed E-state index contributed by atoms with van der Waals surface area (Å²) in [6.07, 6.45) is 8.33. The molecule has 1 aromatic carbocycles. The summed E-state index contributed by atoms with van der Waals surface area (Å²) in [6.45, 7) is 0. The number of hydrogen-bond donors (Lipinski definition) is 0. The smallest absolute Gasteiger partial charge is 0.133 e. The molecule has 0 amide bonds. The zero-order chi connectivity index (χ0) is 12.6. The Hall–Kier alpha value is -1.90. The molecule has 3 nitrogen and oxygen atoms in total. The standard InChI is InChI=1S/C15H17NO2/c17-11-5-4-8-15-12-14(16-18-15)10-9-13-6-2-1-3-7-13/h1-3,6-7,9-11,15H,4-5,8,12H2/b10-9+. The summed E-state index contributed by atoms with van der Waals surface area (Å²) in [5, 5.41) is 4.05. The van der Waals surface area contributed by atoms with Gasteiger partial charge in [-0.2, -0.15) is 0 Å². The second-order valence-corrected chi connectivity index (χ2v) is 4.36. The maximum Gasteiger partial charge on any atom is 0.133 e. The van der Waals surface area contributed by atoms with Crippen LogP contribution in [0.1, 0.15) is 31.2 Å². The third kappa shape index (κ3) is 3.84. The number of nitrogens with zero attached hydrogens (tertiary/aromatic N) is 1. The highest BCUT2D eigenvalue weighted by Gasteiger charge is 2.18. The quantitative estimate of drug-likeness (QED) is 0.568. The predicted octanol–water partition coefficient (Wildman–Crippen LogP) is 3.21. The first kappa shape index (κ1) is 12.6. The Kier molecular flexibility index (Phi) is 4.70. The van der Waals surface area contributed by atoms with Crippen LogP contribution in [-0.2, 0) is 9.63 Å². The molecule has 0 aromatic heterocycles. The summed E-state index contributed by atoms with van der Waals surface area (Å²) in [5.74, 6) is 0. The van der Waals surface area contributed by atoms with E-state index in [-0.39, 0.29) is 6.10 Å². The van der Waals surface area contributed by atoms with Crippen molar-refractivity contribution in [1.82, 2.24) is 0 Å². The summed E-state index contributed by atoms with van der Waals surface area (Å²) in [6, 6.07) is 10.1. The average molecular weight is 243 g/mol. The van der Waals surface area contributed by atoms with E-state index in [0.717, 1.165) is 36.8 Å². The first-order chi connectivity index (χ1) is 8.88. The Morgan fingerprint density at radius 2 is 2.11 bits per heavy atom. The molecule has 1 heterocycles. The zero-order valence-corrected chi connectivity index (χ0v) is 10.3. The third-order valence-corrected chi connectivity index (χ3v) is 2.87. The molecule has 0 fully saturated rings. The lowest BCUT2D eigenvalue weighted by atomic mass is 10.1. The van der Waals surface area contributed by atoms with Crippen molar-refractivity contribution in [3.05, 3.63) is 42.0 Å². The van der Waals surface area contributed by atoms with Gasteiger partial charge >= 0.3 is 0 Å².